The fraction of sp³-hybridized carbons (Fsp3) is 0.375. The lowest BCUT2D eigenvalue weighted by Crippen LogP contribution is -2.28. The van der Waals surface area contributed by atoms with Gasteiger partial charge in [-0.25, -0.2) is 0 Å². The van der Waals surface area contributed by atoms with E-state index in [-0.39, 0.29) is 0 Å². The molecule has 0 saturated carbocycles. The molecule has 0 spiro atoms. The molecule has 1 aliphatic heterocycles. The number of nitrogens with zero attached hydrogens (tertiary/aromatic N) is 2. The van der Waals surface area contributed by atoms with Crippen LogP contribution < -0.4 is 10.6 Å². The van der Waals surface area contributed by atoms with E-state index in [1.165, 1.54) is 23.3 Å². The van der Waals surface area contributed by atoms with Crippen LogP contribution in [0.4, 0.5) is 0 Å². The minimum Gasteiger partial charge on any atom is -0.347 e. The number of nitrogens with one attached hydrogen (secondary N) is 2. The van der Waals surface area contributed by atoms with Crippen molar-refractivity contribution < 1.29 is 0 Å². The number of pyridine rings is 1. The fourth-order valence-electron chi connectivity index (χ4n) is 2.50. The molecule has 1 unspecified atom stereocenters. The lowest BCUT2D eigenvalue weighted by atomic mass is 9.94. The summed E-state index contributed by atoms with van der Waals surface area (Å²) in [6, 6.07) is 4.40. The molecular weight excluding hydrogens is 248 g/mol. The standard InChI is InChI=1S/C16H20N4/c1-2-3-9-18-16-19-14-7-6-12(10-15(14)20-16)13-5-4-8-17-11-13/h4-8,11,15H,2-3,9-10H2,1H3,(H2,18,19,20). The second-order valence-corrected chi connectivity index (χ2v) is 5.17. The number of aliphatic imine (C=N–C) groups is 1. The zero-order valence-electron chi connectivity index (χ0n) is 11.8. The van der Waals surface area contributed by atoms with Gasteiger partial charge in [-0.3, -0.25) is 9.98 Å². The molecule has 1 aromatic rings. The molecule has 1 fully saturated rings. The number of fused-ring (bicyclic) bond motifs is 1. The first-order chi connectivity index (χ1) is 9.86. The molecule has 0 bridgehead atoms. The zero-order valence-corrected chi connectivity index (χ0v) is 11.8. The summed E-state index contributed by atoms with van der Waals surface area (Å²) in [4.78, 5) is 8.74. The molecule has 4 heteroatoms. The number of hydrogen-bond donors (Lipinski definition) is 2. The average molecular weight is 268 g/mol. The van der Waals surface area contributed by atoms with Crippen LogP contribution in [0.2, 0.25) is 0 Å². The van der Waals surface area contributed by atoms with Crippen molar-refractivity contribution in [1.29, 1.82) is 0 Å². The van der Waals surface area contributed by atoms with Gasteiger partial charge in [0.1, 0.15) is 0 Å². The first-order valence-corrected chi connectivity index (χ1v) is 7.26. The van der Waals surface area contributed by atoms with Gasteiger partial charge in [-0.05, 0) is 36.1 Å². The Balaban J connectivity index is 1.68. The molecule has 2 aliphatic rings. The Labute approximate surface area is 119 Å². The normalized spacial score (nSPS) is 22.6. The number of aromatic nitrogens is 1. The van der Waals surface area contributed by atoms with Crippen LogP contribution in [0.15, 0.2) is 47.4 Å². The van der Waals surface area contributed by atoms with Gasteiger partial charge in [0.25, 0.3) is 0 Å². The van der Waals surface area contributed by atoms with E-state index >= 15 is 0 Å². The Morgan fingerprint density at radius 3 is 3.15 bits per heavy atom. The molecule has 1 saturated heterocycles. The van der Waals surface area contributed by atoms with E-state index in [4.69, 9.17) is 0 Å². The first-order valence-electron chi connectivity index (χ1n) is 7.26. The van der Waals surface area contributed by atoms with Crippen molar-refractivity contribution in [2.75, 3.05) is 6.54 Å². The fourth-order valence-corrected chi connectivity index (χ4v) is 2.50. The Bertz CT molecular complexity index is 557. The van der Waals surface area contributed by atoms with Crippen molar-refractivity contribution in [3.8, 4) is 0 Å². The molecule has 0 amide bonds. The minimum atomic E-state index is 0.315. The summed E-state index contributed by atoms with van der Waals surface area (Å²) in [5.74, 6) is 0.913. The van der Waals surface area contributed by atoms with Gasteiger partial charge in [0.05, 0.1) is 6.04 Å². The third kappa shape index (κ3) is 2.74. The Kier molecular flexibility index (Phi) is 3.81. The summed E-state index contributed by atoms with van der Waals surface area (Å²) in [5.41, 5.74) is 3.73. The third-order valence-corrected chi connectivity index (χ3v) is 3.65. The largest absolute Gasteiger partial charge is 0.347 e. The highest BCUT2D eigenvalue weighted by Gasteiger charge is 2.27. The summed E-state index contributed by atoms with van der Waals surface area (Å²) >= 11 is 0. The number of unbranched alkanes of at least 4 members (excludes halogenated alkanes) is 1. The van der Waals surface area contributed by atoms with E-state index in [1.807, 2.05) is 18.5 Å². The summed E-state index contributed by atoms with van der Waals surface area (Å²) in [7, 11) is 0. The Hall–Kier alpha value is -2.10. The predicted octanol–water partition coefficient (Wildman–Crippen LogP) is 2.47. The first kappa shape index (κ1) is 12.9. The summed E-state index contributed by atoms with van der Waals surface area (Å²) in [5, 5.41) is 6.82. The maximum absolute atomic E-state index is 4.55. The minimum absolute atomic E-state index is 0.315. The molecule has 0 aromatic carbocycles. The number of hydrogen-bond acceptors (Lipinski definition) is 2. The summed E-state index contributed by atoms with van der Waals surface area (Å²) in [6.07, 6.45) is 11.3. The van der Waals surface area contributed by atoms with E-state index < -0.39 is 0 Å². The topological polar surface area (TPSA) is 49.3 Å². The molecule has 2 heterocycles. The van der Waals surface area contributed by atoms with Crippen LogP contribution in [0.5, 0.6) is 0 Å². The monoisotopic (exact) mass is 268 g/mol. The van der Waals surface area contributed by atoms with Gasteiger partial charge >= 0.3 is 0 Å². The highest BCUT2D eigenvalue weighted by Crippen LogP contribution is 2.27. The van der Waals surface area contributed by atoms with Gasteiger partial charge in [-0.1, -0.05) is 25.5 Å². The molecule has 3 rings (SSSR count). The van der Waals surface area contributed by atoms with Crippen molar-refractivity contribution in [3.05, 3.63) is 47.9 Å². The molecule has 1 aromatic heterocycles. The van der Waals surface area contributed by atoms with Crippen LogP contribution in [-0.4, -0.2) is 23.5 Å². The lowest BCUT2D eigenvalue weighted by molar-refractivity contribution is 0.732. The molecule has 20 heavy (non-hydrogen) atoms. The van der Waals surface area contributed by atoms with Crippen LogP contribution in [0.1, 0.15) is 31.7 Å². The molecule has 1 atom stereocenters. The van der Waals surface area contributed by atoms with Crippen LogP contribution in [0.25, 0.3) is 5.57 Å². The molecular formula is C16H20N4. The highest BCUT2D eigenvalue weighted by atomic mass is 15.3. The van der Waals surface area contributed by atoms with Crippen LogP contribution in [0, 0.1) is 0 Å². The van der Waals surface area contributed by atoms with E-state index in [1.54, 1.807) is 0 Å². The van der Waals surface area contributed by atoms with Crippen molar-refractivity contribution in [1.82, 2.24) is 15.6 Å². The SMILES string of the molecule is CCCCN=C1NC2=CC=C(c3cccnc3)CC2N1. The van der Waals surface area contributed by atoms with E-state index in [9.17, 15) is 0 Å². The number of guanidine groups is 1. The number of allylic oxidation sites excluding steroid dienone is 2. The predicted molar refractivity (Wildman–Crippen MR) is 82.2 cm³/mol. The van der Waals surface area contributed by atoms with Crippen molar-refractivity contribution in [3.63, 3.8) is 0 Å². The molecule has 0 radical (unpaired) electrons. The zero-order chi connectivity index (χ0) is 13.8. The number of rotatable bonds is 4. The Morgan fingerprint density at radius 2 is 2.35 bits per heavy atom. The van der Waals surface area contributed by atoms with E-state index in [2.05, 4.69) is 45.8 Å². The van der Waals surface area contributed by atoms with Gasteiger partial charge in [0.2, 0.25) is 0 Å². The van der Waals surface area contributed by atoms with Crippen molar-refractivity contribution in [2.45, 2.75) is 32.2 Å². The average Bonchev–Trinajstić information content (AvgIpc) is 2.90. The molecule has 4 nitrogen and oxygen atoms in total. The van der Waals surface area contributed by atoms with Crippen LogP contribution in [0.3, 0.4) is 0 Å². The van der Waals surface area contributed by atoms with Gasteiger partial charge in [-0.2, -0.15) is 0 Å². The van der Waals surface area contributed by atoms with Gasteiger partial charge in [0.15, 0.2) is 5.96 Å². The lowest BCUT2D eigenvalue weighted by Gasteiger charge is -2.17. The molecule has 2 N–H and O–H groups in total. The molecule has 104 valence electrons. The van der Waals surface area contributed by atoms with Crippen molar-refractivity contribution in [2.24, 2.45) is 4.99 Å². The van der Waals surface area contributed by atoms with Gasteiger partial charge < -0.3 is 10.6 Å². The van der Waals surface area contributed by atoms with Crippen LogP contribution >= 0.6 is 0 Å². The quantitative estimate of drug-likeness (QED) is 0.825. The second-order valence-electron chi connectivity index (χ2n) is 5.17. The molecule has 1 aliphatic carbocycles. The summed E-state index contributed by atoms with van der Waals surface area (Å²) < 4.78 is 0. The van der Waals surface area contributed by atoms with Crippen molar-refractivity contribution >= 4 is 11.5 Å². The van der Waals surface area contributed by atoms with E-state index in [0.717, 1.165) is 25.3 Å². The van der Waals surface area contributed by atoms with Gasteiger partial charge in [-0.15, -0.1) is 0 Å². The Morgan fingerprint density at radius 1 is 1.40 bits per heavy atom. The summed E-state index contributed by atoms with van der Waals surface area (Å²) in [6.45, 7) is 3.07. The van der Waals surface area contributed by atoms with Crippen LogP contribution in [-0.2, 0) is 0 Å². The van der Waals surface area contributed by atoms with Gasteiger partial charge in [0, 0.05) is 24.6 Å². The van der Waals surface area contributed by atoms with E-state index in [0.29, 0.717) is 6.04 Å². The second kappa shape index (κ2) is 5.90. The third-order valence-electron chi connectivity index (χ3n) is 3.65. The smallest absolute Gasteiger partial charge is 0.196 e. The maximum Gasteiger partial charge on any atom is 0.196 e. The highest BCUT2D eigenvalue weighted by molar-refractivity contribution is 5.87. The maximum atomic E-state index is 4.55.